The number of rotatable bonds is 7. The molecule has 0 saturated carbocycles. The molecule has 0 saturated heterocycles. The minimum atomic E-state index is -3.02. The van der Waals surface area contributed by atoms with E-state index in [2.05, 4.69) is 5.32 Å². The minimum Gasteiger partial charge on any atom is -0.313 e. The van der Waals surface area contributed by atoms with Crippen LogP contribution in [-0.2, 0) is 9.84 Å². The summed E-state index contributed by atoms with van der Waals surface area (Å²) < 4.78 is 49.5. The fourth-order valence-electron chi connectivity index (χ4n) is 1.90. The molecule has 1 rings (SSSR count). The average molecular weight is 291 g/mol. The molecule has 0 aliphatic carbocycles. The van der Waals surface area contributed by atoms with Crippen molar-refractivity contribution in [1.82, 2.24) is 5.32 Å². The molecule has 6 heteroatoms. The third kappa shape index (κ3) is 4.54. The van der Waals surface area contributed by atoms with Crippen LogP contribution in [0.1, 0.15) is 31.4 Å². The first-order chi connectivity index (χ1) is 8.91. The van der Waals surface area contributed by atoms with Crippen molar-refractivity contribution < 1.29 is 17.2 Å². The maximum Gasteiger partial charge on any atom is 0.163 e. The van der Waals surface area contributed by atoms with E-state index in [1.165, 1.54) is 12.1 Å². The molecular weight excluding hydrogens is 272 g/mol. The van der Waals surface area contributed by atoms with E-state index >= 15 is 0 Å². The van der Waals surface area contributed by atoms with E-state index in [9.17, 15) is 17.2 Å². The van der Waals surface area contributed by atoms with E-state index in [1.54, 1.807) is 14.0 Å². The molecule has 108 valence electrons. The lowest BCUT2D eigenvalue weighted by molar-refractivity contribution is 0.461. The summed E-state index contributed by atoms with van der Waals surface area (Å²) in [5.41, 5.74) is 0.233. The van der Waals surface area contributed by atoms with Crippen LogP contribution in [-0.4, -0.2) is 27.0 Å². The molecule has 1 aromatic rings. The fraction of sp³-hybridized carbons (Fsp3) is 0.538. The van der Waals surface area contributed by atoms with Crippen molar-refractivity contribution in [3.05, 3.63) is 35.4 Å². The summed E-state index contributed by atoms with van der Waals surface area (Å²) in [6.45, 7) is 1.59. The summed E-state index contributed by atoms with van der Waals surface area (Å²) in [6.07, 6.45) is 0.855. The third-order valence-electron chi connectivity index (χ3n) is 3.09. The molecule has 0 radical (unpaired) electrons. The predicted molar refractivity (Wildman–Crippen MR) is 71.7 cm³/mol. The van der Waals surface area contributed by atoms with Crippen molar-refractivity contribution in [2.45, 2.75) is 25.8 Å². The van der Waals surface area contributed by atoms with Gasteiger partial charge >= 0.3 is 0 Å². The Bertz CT molecular complexity index is 517. The molecule has 0 aliphatic rings. The highest BCUT2D eigenvalue weighted by molar-refractivity contribution is 7.91. The minimum absolute atomic E-state index is 0.0681. The van der Waals surface area contributed by atoms with E-state index < -0.39 is 21.5 Å². The summed E-state index contributed by atoms with van der Waals surface area (Å²) in [5.74, 6) is -1.59. The monoisotopic (exact) mass is 291 g/mol. The smallest absolute Gasteiger partial charge is 0.163 e. The Balaban J connectivity index is 2.71. The number of nitrogens with one attached hydrogen (secondary N) is 1. The molecule has 0 amide bonds. The van der Waals surface area contributed by atoms with Gasteiger partial charge in [-0.3, -0.25) is 0 Å². The van der Waals surface area contributed by atoms with Gasteiger partial charge in [-0.15, -0.1) is 0 Å². The molecule has 0 aliphatic heterocycles. The molecule has 0 spiro atoms. The maximum atomic E-state index is 13.6. The quantitative estimate of drug-likeness (QED) is 0.839. The Kier molecular flexibility index (Phi) is 5.87. The van der Waals surface area contributed by atoms with Crippen LogP contribution in [0.2, 0.25) is 0 Å². The van der Waals surface area contributed by atoms with Gasteiger partial charge in [-0.1, -0.05) is 19.1 Å². The Morgan fingerprint density at radius 3 is 2.58 bits per heavy atom. The number of halogens is 2. The molecule has 1 atom stereocenters. The standard InChI is InChI=1S/C13H19F2NO2S/c1-3-19(17,18)9-5-8-12(16-2)10-6-4-7-11(14)13(10)15/h4,6-7,12,16H,3,5,8-9H2,1-2H3. The van der Waals surface area contributed by atoms with Crippen molar-refractivity contribution in [3.63, 3.8) is 0 Å². The summed E-state index contributed by atoms with van der Waals surface area (Å²) in [7, 11) is -1.38. The van der Waals surface area contributed by atoms with Gasteiger partial charge in [0.2, 0.25) is 0 Å². The SMILES string of the molecule is CCS(=O)(=O)CCCC(NC)c1cccc(F)c1F. The maximum absolute atomic E-state index is 13.6. The molecule has 0 bridgehead atoms. The molecule has 1 unspecified atom stereocenters. The third-order valence-corrected chi connectivity index (χ3v) is 4.88. The van der Waals surface area contributed by atoms with Gasteiger partial charge in [0.15, 0.2) is 11.6 Å². The van der Waals surface area contributed by atoms with Crippen LogP contribution in [0.3, 0.4) is 0 Å². The van der Waals surface area contributed by atoms with E-state index in [0.717, 1.165) is 6.07 Å². The van der Waals surface area contributed by atoms with Crippen molar-refractivity contribution in [1.29, 1.82) is 0 Å². The van der Waals surface area contributed by atoms with Crippen LogP contribution in [0, 0.1) is 11.6 Å². The van der Waals surface area contributed by atoms with Crippen LogP contribution >= 0.6 is 0 Å². The second-order valence-corrected chi connectivity index (χ2v) is 6.84. The van der Waals surface area contributed by atoms with Crippen LogP contribution in [0.15, 0.2) is 18.2 Å². The molecule has 1 aromatic carbocycles. The first-order valence-electron chi connectivity index (χ1n) is 6.23. The second kappa shape index (κ2) is 6.96. The lowest BCUT2D eigenvalue weighted by atomic mass is 10.0. The van der Waals surface area contributed by atoms with Gasteiger partial charge in [-0.25, -0.2) is 17.2 Å². The van der Waals surface area contributed by atoms with Gasteiger partial charge in [0, 0.05) is 17.4 Å². The predicted octanol–water partition coefficient (Wildman–Crippen LogP) is 2.44. The number of benzene rings is 1. The summed E-state index contributed by atoms with van der Waals surface area (Å²) in [6, 6.07) is 3.63. The van der Waals surface area contributed by atoms with E-state index in [1.807, 2.05) is 0 Å². The van der Waals surface area contributed by atoms with Crippen LogP contribution < -0.4 is 5.32 Å². The average Bonchev–Trinajstić information content (AvgIpc) is 2.38. The highest BCUT2D eigenvalue weighted by Crippen LogP contribution is 2.23. The van der Waals surface area contributed by atoms with E-state index in [4.69, 9.17) is 0 Å². The number of hydrogen-bond acceptors (Lipinski definition) is 3. The Morgan fingerprint density at radius 1 is 1.32 bits per heavy atom. The number of sulfone groups is 1. The van der Waals surface area contributed by atoms with Gasteiger partial charge in [0.25, 0.3) is 0 Å². The normalized spacial score (nSPS) is 13.5. The van der Waals surface area contributed by atoms with Crippen molar-refractivity contribution in [3.8, 4) is 0 Å². The fourth-order valence-corrected chi connectivity index (χ4v) is 2.79. The lowest BCUT2D eigenvalue weighted by Crippen LogP contribution is -2.19. The Hall–Kier alpha value is -1.01. The van der Waals surface area contributed by atoms with E-state index in [0.29, 0.717) is 12.8 Å². The summed E-state index contributed by atoms with van der Waals surface area (Å²) >= 11 is 0. The lowest BCUT2D eigenvalue weighted by Gasteiger charge is -2.17. The number of hydrogen-bond donors (Lipinski definition) is 1. The molecule has 0 fully saturated rings. The molecule has 3 nitrogen and oxygen atoms in total. The Morgan fingerprint density at radius 2 is 2.00 bits per heavy atom. The zero-order valence-corrected chi connectivity index (χ0v) is 11.9. The van der Waals surface area contributed by atoms with Crippen LogP contribution in [0.4, 0.5) is 8.78 Å². The van der Waals surface area contributed by atoms with E-state index in [-0.39, 0.29) is 23.1 Å². The largest absolute Gasteiger partial charge is 0.313 e. The van der Waals surface area contributed by atoms with Crippen LogP contribution in [0.25, 0.3) is 0 Å². The Labute approximate surface area is 112 Å². The zero-order chi connectivity index (χ0) is 14.5. The first-order valence-corrected chi connectivity index (χ1v) is 8.05. The molecular formula is C13H19F2NO2S. The second-order valence-electron chi connectivity index (χ2n) is 4.36. The zero-order valence-electron chi connectivity index (χ0n) is 11.1. The van der Waals surface area contributed by atoms with Gasteiger partial charge < -0.3 is 5.32 Å². The van der Waals surface area contributed by atoms with Gasteiger partial charge in [0.1, 0.15) is 9.84 Å². The van der Waals surface area contributed by atoms with Crippen LogP contribution in [0.5, 0.6) is 0 Å². The molecule has 0 aromatic heterocycles. The molecule has 19 heavy (non-hydrogen) atoms. The molecule has 1 N–H and O–H groups in total. The van der Waals surface area contributed by atoms with Crippen molar-refractivity contribution in [2.75, 3.05) is 18.6 Å². The summed E-state index contributed by atoms with van der Waals surface area (Å²) in [5, 5.41) is 2.89. The molecule has 0 heterocycles. The first kappa shape index (κ1) is 16.0. The van der Waals surface area contributed by atoms with Gasteiger partial charge in [-0.2, -0.15) is 0 Å². The van der Waals surface area contributed by atoms with Gasteiger partial charge in [0.05, 0.1) is 5.75 Å². The topological polar surface area (TPSA) is 46.2 Å². The van der Waals surface area contributed by atoms with Crippen molar-refractivity contribution >= 4 is 9.84 Å². The highest BCUT2D eigenvalue weighted by Gasteiger charge is 2.17. The summed E-state index contributed by atoms with van der Waals surface area (Å²) in [4.78, 5) is 0. The van der Waals surface area contributed by atoms with Gasteiger partial charge in [-0.05, 0) is 26.0 Å². The highest BCUT2D eigenvalue weighted by atomic mass is 32.2. The van der Waals surface area contributed by atoms with Crippen molar-refractivity contribution in [2.24, 2.45) is 0 Å².